The Morgan fingerprint density at radius 2 is 1.22 bits per heavy atom. The molecule has 6 heterocycles. The highest BCUT2D eigenvalue weighted by Crippen LogP contribution is 2.40. The van der Waals surface area contributed by atoms with Crippen LogP contribution in [0.3, 0.4) is 0 Å². The lowest BCUT2D eigenvalue weighted by Crippen LogP contribution is -2.69. The molecule has 0 aliphatic carbocycles. The minimum atomic E-state index is -2.16. The number of rotatable bonds is 13. The lowest BCUT2D eigenvalue weighted by Gasteiger charge is -2.52. The van der Waals surface area contributed by atoms with Crippen molar-refractivity contribution in [2.24, 2.45) is 5.92 Å². The van der Waals surface area contributed by atoms with E-state index in [1.807, 2.05) is 0 Å². The first-order chi connectivity index (χ1) is 29.5. The van der Waals surface area contributed by atoms with Crippen LogP contribution >= 0.6 is 0 Å². The van der Waals surface area contributed by atoms with Crippen LogP contribution < -0.4 is 0 Å². The van der Waals surface area contributed by atoms with E-state index in [1.165, 1.54) is 27.9 Å². The molecule has 0 aromatic carbocycles. The van der Waals surface area contributed by atoms with Gasteiger partial charge in [0.1, 0.15) is 104 Å². The molecule has 366 valence electrons. The number of methoxy groups -OCH3 is 1. The van der Waals surface area contributed by atoms with Crippen LogP contribution in [0.1, 0.15) is 41.5 Å². The van der Waals surface area contributed by atoms with Crippen molar-refractivity contribution < 1.29 is 123 Å². The molecule has 10 unspecified atom stereocenters. The number of hydrogen-bond acceptors (Lipinski definition) is 25. The molecule has 6 aliphatic heterocycles. The molecule has 0 bridgehead atoms. The van der Waals surface area contributed by atoms with Crippen LogP contribution in [0.15, 0.2) is 0 Å². The van der Waals surface area contributed by atoms with Crippen LogP contribution in [0.25, 0.3) is 0 Å². The van der Waals surface area contributed by atoms with E-state index in [0.29, 0.717) is 0 Å². The van der Waals surface area contributed by atoms with Crippen LogP contribution in [0, 0.1) is 5.92 Å². The summed E-state index contributed by atoms with van der Waals surface area (Å²) in [7, 11) is 1.17. The number of carbonyl (C=O) groups is 1. The van der Waals surface area contributed by atoms with Gasteiger partial charge < -0.3 is 118 Å². The Kier molecular flexibility index (Phi) is 16.5. The normalized spacial score (nSPS) is 51.6. The Hall–Kier alpha value is -1.45. The van der Waals surface area contributed by atoms with Crippen LogP contribution in [-0.2, 0) is 66.4 Å². The van der Waals surface area contributed by atoms with Gasteiger partial charge in [0.15, 0.2) is 37.2 Å². The van der Waals surface area contributed by atoms with E-state index in [0.717, 1.165) is 6.92 Å². The second-order valence-electron chi connectivity index (χ2n) is 17.4. The molecule has 6 rings (SSSR count). The summed E-state index contributed by atoms with van der Waals surface area (Å²) in [5.41, 5.74) is -2.16. The first-order valence-corrected chi connectivity index (χ1v) is 20.8. The van der Waals surface area contributed by atoms with E-state index in [1.54, 1.807) is 13.8 Å². The third kappa shape index (κ3) is 10.5. The number of carbonyl (C=O) groups excluding carboxylic acids is 1. The number of hydrogen-bond donors (Lipinski definition) is 11. The van der Waals surface area contributed by atoms with Gasteiger partial charge in [0.25, 0.3) is 0 Å². The summed E-state index contributed by atoms with van der Waals surface area (Å²) in [6, 6.07) is 0. The summed E-state index contributed by atoms with van der Waals surface area (Å²) in [5.74, 6) is -2.64. The molecule has 0 aromatic heterocycles. The number of ether oxygens (including phenoxy) is 13. The predicted molar refractivity (Wildman–Crippen MR) is 199 cm³/mol. The summed E-state index contributed by atoms with van der Waals surface area (Å²) < 4.78 is 75.2. The van der Waals surface area contributed by atoms with Crippen molar-refractivity contribution in [1.29, 1.82) is 0 Å². The number of fused-ring (bicyclic) bond motifs is 1. The summed E-state index contributed by atoms with van der Waals surface area (Å²) in [6.45, 7) is 6.39. The van der Waals surface area contributed by atoms with Gasteiger partial charge >= 0.3 is 5.97 Å². The predicted octanol–water partition coefficient (Wildman–Crippen LogP) is -6.21. The van der Waals surface area contributed by atoms with E-state index < -0.39 is 184 Å². The van der Waals surface area contributed by atoms with Gasteiger partial charge in [-0.25, -0.2) is 0 Å². The third-order valence-corrected chi connectivity index (χ3v) is 12.3. The third-order valence-electron chi connectivity index (χ3n) is 12.3. The topological polar surface area (TPSA) is 360 Å². The van der Waals surface area contributed by atoms with Crippen molar-refractivity contribution in [3.05, 3.63) is 0 Å². The zero-order valence-electron chi connectivity index (χ0n) is 35.8. The summed E-state index contributed by atoms with van der Waals surface area (Å²) >= 11 is 0. The smallest absolute Gasteiger partial charge is 0.302 e. The van der Waals surface area contributed by atoms with E-state index in [4.69, 9.17) is 61.6 Å². The zero-order chi connectivity index (χ0) is 46.5. The summed E-state index contributed by atoms with van der Waals surface area (Å²) in [4.78, 5) is 11.8. The zero-order valence-corrected chi connectivity index (χ0v) is 35.8. The van der Waals surface area contributed by atoms with E-state index >= 15 is 0 Å². The molecule has 0 radical (unpaired) electrons. The SMILES string of the molecule is CO[C@@H]1OC(CO)[C@H](O[C@@H]2OC(CO)[C@H](C)[C@H](O)C2(C)O)[C@H](O[C@@H]2OC(COC(C)=O)[C@H](O)[C@H](O)C2O[C@@H]2OC(C)[C@H](O[C@@H]3OC4COC(C)(C)O[C@@H]4[C@H](O)C3O)[C@H](O)C2O)C1O. The molecule has 25 atom stereocenters. The Morgan fingerprint density at radius 1 is 0.635 bits per heavy atom. The Morgan fingerprint density at radius 3 is 1.86 bits per heavy atom. The Bertz CT molecular complexity index is 1490. The van der Waals surface area contributed by atoms with Gasteiger partial charge in [-0.3, -0.25) is 4.79 Å². The summed E-state index contributed by atoms with van der Waals surface area (Å²) in [6.07, 6.45) is -36.7. The molecule has 25 heteroatoms. The minimum Gasteiger partial charge on any atom is -0.463 e. The van der Waals surface area contributed by atoms with Crippen molar-refractivity contribution >= 4 is 5.97 Å². The molecule has 6 fully saturated rings. The monoisotopic (exact) mass is 920 g/mol. The quantitative estimate of drug-likeness (QED) is 0.0766. The highest BCUT2D eigenvalue weighted by Gasteiger charge is 2.59. The Balaban J connectivity index is 1.24. The molecule has 63 heavy (non-hydrogen) atoms. The minimum absolute atomic E-state index is 0.0337. The summed E-state index contributed by atoms with van der Waals surface area (Å²) in [5, 5.41) is 122. The maximum Gasteiger partial charge on any atom is 0.302 e. The standard InChI is InChI=1S/C38H64O25/c1-12-15(8-39)58-36(38(6,50)31(12)49)62-28-16(9-40)55-32(51-7)25(48)29(28)60-35-30(20(43)19(42)17(56-35)10-52-14(3)41)61-33-23(46)21(44)26(13(2)54-33)59-34-24(47)22(45)27-18(57-34)11-53-37(4,5)63-27/h12-13,15-36,39-40,42-50H,8-11H2,1-7H3/t12-,13?,15?,16?,17?,18?,19-,20-,21+,22+,23?,24?,25?,26-,27-,28-,29+,30?,31-,32+,33-,34-,35-,36-,38?/m0/s1. The fraction of sp³-hybridized carbons (Fsp3) is 0.974. The second-order valence-corrected chi connectivity index (χ2v) is 17.4. The van der Waals surface area contributed by atoms with Gasteiger partial charge in [0, 0.05) is 20.0 Å². The van der Waals surface area contributed by atoms with E-state index in [9.17, 15) is 61.0 Å². The average Bonchev–Trinajstić information content (AvgIpc) is 3.23. The molecule has 0 saturated carbocycles. The van der Waals surface area contributed by atoms with Gasteiger partial charge in [0.2, 0.25) is 0 Å². The van der Waals surface area contributed by atoms with Crippen molar-refractivity contribution in [1.82, 2.24) is 0 Å². The Labute approximate surface area is 362 Å². The second kappa shape index (κ2) is 20.4. The highest BCUT2D eigenvalue weighted by molar-refractivity contribution is 5.65. The lowest BCUT2D eigenvalue weighted by molar-refractivity contribution is -0.412. The largest absolute Gasteiger partial charge is 0.463 e. The molecule has 6 saturated heterocycles. The van der Waals surface area contributed by atoms with Crippen LogP contribution in [0.5, 0.6) is 0 Å². The maximum absolute atomic E-state index is 11.8. The molecule has 11 N–H and O–H groups in total. The average molecular weight is 921 g/mol. The molecule has 0 spiro atoms. The fourth-order valence-electron chi connectivity index (χ4n) is 8.58. The van der Waals surface area contributed by atoms with Crippen LogP contribution in [0.4, 0.5) is 0 Å². The van der Waals surface area contributed by atoms with E-state index in [2.05, 4.69) is 0 Å². The fourth-order valence-corrected chi connectivity index (χ4v) is 8.58. The first-order valence-electron chi connectivity index (χ1n) is 20.8. The molecule has 6 aliphatic rings. The van der Waals surface area contributed by atoms with Gasteiger partial charge in [-0.05, 0) is 27.7 Å². The lowest BCUT2D eigenvalue weighted by atomic mass is 9.82. The van der Waals surface area contributed by atoms with Gasteiger partial charge in [-0.1, -0.05) is 6.92 Å². The maximum atomic E-state index is 11.8. The number of aliphatic hydroxyl groups is 11. The van der Waals surface area contributed by atoms with Crippen molar-refractivity contribution in [3.63, 3.8) is 0 Å². The van der Waals surface area contributed by atoms with E-state index in [-0.39, 0.29) is 6.61 Å². The molecule has 0 aromatic rings. The van der Waals surface area contributed by atoms with Crippen molar-refractivity contribution in [2.45, 2.75) is 194 Å². The van der Waals surface area contributed by atoms with Gasteiger partial charge in [-0.2, -0.15) is 0 Å². The number of aliphatic hydroxyl groups excluding tert-OH is 10. The van der Waals surface area contributed by atoms with Crippen LogP contribution in [-0.4, -0.2) is 248 Å². The molecular weight excluding hydrogens is 856 g/mol. The van der Waals surface area contributed by atoms with Crippen molar-refractivity contribution in [3.8, 4) is 0 Å². The molecule has 25 nitrogen and oxygen atoms in total. The molecule has 0 amide bonds. The van der Waals surface area contributed by atoms with Gasteiger partial charge in [-0.15, -0.1) is 0 Å². The highest BCUT2D eigenvalue weighted by atomic mass is 16.8. The van der Waals surface area contributed by atoms with Crippen molar-refractivity contribution in [2.75, 3.05) is 33.5 Å². The molecular formula is C38H64O25. The first kappa shape index (κ1) is 51.0. The van der Waals surface area contributed by atoms with Crippen LogP contribution in [0.2, 0.25) is 0 Å². The van der Waals surface area contributed by atoms with Gasteiger partial charge in [0.05, 0.1) is 38.1 Å². The number of esters is 1.